The lowest BCUT2D eigenvalue weighted by Crippen LogP contribution is -2.25. The average molecular weight is 259 g/mol. The number of hydrogen-bond donors (Lipinski definition) is 1. The Bertz CT molecular complexity index is 436. The molecule has 1 aromatic rings. The highest BCUT2D eigenvalue weighted by atomic mass is 35.5. The van der Waals surface area contributed by atoms with Gasteiger partial charge in [0.15, 0.2) is 0 Å². The van der Waals surface area contributed by atoms with Gasteiger partial charge in [0, 0.05) is 18.5 Å². The number of nitro groups is 1. The second-order valence-electron chi connectivity index (χ2n) is 3.06. The monoisotopic (exact) mass is 258 g/mol. The molecule has 0 atom stereocenters. The van der Waals surface area contributed by atoms with E-state index >= 15 is 0 Å². The Labute approximate surface area is 103 Å². The van der Waals surface area contributed by atoms with E-state index in [9.17, 15) is 14.9 Å². The number of rotatable bonds is 5. The quantitative estimate of drug-likeness (QED) is 0.494. The molecule has 0 saturated heterocycles. The molecule has 92 valence electrons. The summed E-state index contributed by atoms with van der Waals surface area (Å²) < 4.78 is 4.90. The molecule has 0 spiro atoms. The second-order valence-corrected chi connectivity index (χ2v) is 3.44. The lowest BCUT2D eigenvalue weighted by atomic mass is 10.1. The van der Waals surface area contributed by atoms with Crippen molar-refractivity contribution in [2.24, 2.45) is 0 Å². The van der Waals surface area contributed by atoms with Gasteiger partial charge in [0.25, 0.3) is 5.91 Å². The lowest BCUT2D eigenvalue weighted by molar-refractivity contribution is -0.385. The number of para-hydroxylation sites is 1. The van der Waals surface area contributed by atoms with Crippen LogP contribution in [0.2, 0.25) is 0 Å². The molecular weight excluding hydrogens is 248 g/mol. The third-order valence-electron chi connectivity index (χ3n) is 2.02. The van der Waals surface area contributed by atoms with Crippen LogP contribution in [0.5, 0.6) is 5.75 Å². The summed E-state index contributed by atoms with van der Waals surface area (Å²) in [6, 6.07) is 4.16. The van der Waals surface area contributed by atoms with Gasteiger partial charge in [0.2, 0.25) is 5.75 Å². The summed E-state index contributed by atoms with van der Waals surface area (Å²) in [7, 11) is 1.28. The van der Waals surface area contributed by atoms with Gasteiger partial charge in [0.1, 0.15) is 0 Å². The van der Waals surface area contributed by atoms with Crippen molar-refractivity contribution in [3.05, 3.63) is 33.9 Å². The molecule has 0 fully saturated rings. The molecule has 0 saturated carbocycles. The summed E-state index contributed by atoms with van der Waals surface area (Å²) in [5.41, 5.74) is -0.127. The first kappa shape index (κ1) is 13.2. The molecule has 0 aliphatic carbocycles. The molecule has 1 amide bonds. The van der Waals surface area contributed by atoms with Crippen molar-refractivity contribution in [1.29, 1.82) is 0 Å². The van der Waals surface area contributed by atoms with Gasteiger partial charge < -0.3 is 10.1 Å². The van der Waals surface area contributed by atoms with Gasteiger partial charge in [-0.2, -0.15) is 0 Å². The summed E-state index contributed by atoms with van der Waals surface area (Å²) >= 11 is 5.43. The number of carbonyl (C=O) groups excluding carboxylic acids is 1. The number of nitrogens with one attached hydrogen (secondary N) is 1. The van der Waals surface area contributed by atoms with E-state index in [2.05, 4.69) is 5.32 Å². The molecule has 6 nitrogen and oxygen atoms in total. The molecule has 0 aliphatic rings. The fourth-order valence-corrected chi connectivity index (χ4v) is 1.41. The van der Waals surface area contributed by atoms with E-state index in [1.807, 2.05) is 0 Å². The molecule has 0 bridgehead atoms. The molecule has 0 unspecified atom stereocenters. The first-order valence-corrected chi connectivity index (χ1v) is 5.30. The van der Waals surface area contributed by atoms with Crippen molar-refractivity contribution in [2.75, 3.05) is 19.5 Å². The minimum absolute atomic E-state index is 0.0513. The number of benzene rings is 1. The van der Waals surface area contributed by atoms with Crippen LogP contribution in [0.25, 0.3) is 0 Å². The molecule has 0 aromatic heterocycles. The van der Waals surface area contributed by atoms with Gasteiger partial charge in [-0.05, 0) is 6.07 Å². The summed E-state index contributed by atoms with van der Waals surface area (Å²) in [4.78, 5) is 21.8. The first-order valence-electron chi connectivity index (χ1n) is 4.77. The van der Waals surface area contributed by atoms with E-state index in [0.29, 0.717) is 0 Å². The lowest BCUT2D eigenvalue weighted by Gasteiger charge is -2.08. The molecule has 1 aromatic carbocycles. The summed E-state index contributed by atoms with van der Waals surface area (Å²) in [5.74, 6) is -0.237. The van der Waals surface area contributed by atoms with Crippen molar-refractivity contribution in [1.82, 2.24) is 5.32 Å². The predicted molar refractivity (Wildman–Crippen MR) is 62.7 cm³/mol. The minimum atomic E-state index is -0.600. The largest absolute Gasteiger partial charge is 0.490 e. The van der Waals surface area contributed by atoms with Crippen molar-refractivity contribution < 1.29 is 14.5 Å². The van der Waals surface area contributed by atoms with Crippen LogP contribution < -0.4 is 10.1 Å². The number of carbonyl (C=O) groups is 1. The van der Waals surface area contributed by atoms with Crippen LogP contribution in [-0.4, -0.2) is 30.4 Å². The highest BCUT2D eigenvalue weighted by Crippen LogP contribution is 2.30. The number of halogens is 1. The molecule has 0 radical (unpaired) electrons. The highest BCUT2D eigenvalue weighted by Gasteiger charge is 2.21. The second kappa shape index (κ2) is 6.05. The maximum Gasteiger partial charge on any atom is 0.311 e. The third kappa shape index (κ3) is 3.07. The zero-order chi connectivity index (χ0) is 12.8. The van der Waals surface area contributed by atoms with Gasteiger partial charge in [-0.25, -0.2) is 0 Å². The normalized spacial score (nSPS) is 9.76. The standard InChI is InChI=1S/C10H11ClN2O4/c1-17-9-7(10(14)12-6-5-11)3-2-4-8(9)13(15)16/h2-4H,5-6H2,1H3,(H,12,14). The number of ether oxygens (including phenoxy) is 1. The summed E-state index contributed by atoms with van der Waals surface area (Å²) in [6.07, 6.45) is 0. The zero-order valence-electron chi connectivity index (χ0n) is 9.10. The van der Waals surface area contributed by atoms with Crippen LogP contribution in [0, 0.1) is 10.1 Å². The Morgan fingerprint density at radius 3 is 2.82 bits per heavy atom. The Morgan fingerprint density at radius 2 is 2.29 bits per heavy atom. The fourth-order valence-electron chi connectivity index (χ4n) is 1.32. The van der Waals surface area contributed by atoms with Crippen LogP contribution in [0.4, 0.5) is 5.69 Å². The van der Waals surface area contributed by atoms with Crippen molar-refractivity contribution in [3.63, 3.8) is 0 Å². The van der Waals surface area contributed by atoms with E-state index < -0.39 is 10.8 Å². The van der Waals surface area contributed by atoms with Gasteiger partial charge in [-0.15, -0.1) is 11.6 Å². The third-order valence-corrected chi connectivity index (χ3v) is 2.21. The van der Waals surface area contributed by atoms with Gasteiger partial charge >= 0.3 is 5.69 Å². The number of methoxy groups -OCH3 is 1. The summed E-state index contributed by atoms with van der Waals surface area (Å²) in [6.45, 7) is 0.284. The maximum absolute atomic E-state index is 11.7. The van der Waals surface area contributed by atoms with Crippen LogP contribution >= 0.6 is 11.6 Å². The number of amides is 1. The van der Waals surface area contributed by atoms with Crippen molar-refractivity contribution >= 4 is 23.2 Å². The molecule has 17 heavy (non-hydrogen) atoms. The first-order chi connectivity index (χ1) is 8.11. The highest BCUT2D eigenvalue weighted by molar-refractivity contribution is 6.18. The van der Waals surface area contributed by atoms with Crippen LogP contribution in [0.1, 0.15) is 10.4 Å². The van der Waals surface area contributed by atoms with Gasteiger partial charge in [-0.1, -0.05) is 6.07 Å². The predicted octanol–water partition coefficient (Wildman–Crippen LogP) is 1.57. The Kier molecular flexibility index (Phi) is 4.71. The molecule has 0 aliphatic heterocycles. The van der Waals surface area contributed by atoms with Crippen molar-refractivity contribution in [3.8, 4) is 5.75 Å². The number of nitro benzene ring substituents is 1. The minimum Gasteiger partial charge on any atom is -0.490 e. The Balaban J connectivity index is 3.11. The van der Waals surface area contributed by atoms with Crippen LogP contribution in [0.3, 0.4) is 0 Å². The van der Waals surface area contributed by atoms with E-state index in [4.69, 9.17) is 16.3 Å². The number of nitrogens with zero attached hydrogens (tertiary/aromatic N) is 1. The van der Waals surface area contributed by atoms with Crippen LogP contribution in [0.15, 0.2) is 18.2 Å². The average Bonchev–Trinajstić information content (AvgIpc) is 2.34. The van der Waals surface area contributed by atoms with E-state index in [1.165, 1.54) is 25.3 Å². The molecule has 7 heteroatoms. The zero-order valence-corrected chi connectivity index (χ0v) is 9.86. The number of alkyl halides is 1. The maximum atomic E-state index is 11.7. The summed E-state index contributed by atoms with van der Waals surface area (Å²) in [5, 5.41) is 13.3. The molecule has 1 N–H and O–H groups in total. The fraction of sp³-hybridized carbons (Fsp3) is 0.300. The smallest absolute Gasteiger partial charge is 0.311 e. The Morgan fingerprint density at radius 1 is 1.59 bits per heavy atom. The van der Waals surface area contributed by atoms with E-state index in [-0.39, 0.29) is 29.4 Å². The van der Waals surface area contributed by atoms with Gasteiger partial charge in [-0.3, -0.25) is 14.9 Å². The Hall–Kier alpha value is -1.82. The number of hydrogen-bond acceptors (Lipinski definition) is 4. The van der Waals surface area contributed by atoms with E-state index in [0.717, 1.165) is 0 Å². The molecular formula is C10H11ClN2O4. The molecule has 1 rings (SSSR count). The van der Waals surface area contributed by atoms with Gasteiger partial charge in [0.05, 0.1) is 17.6 Å². The molecule has 0 heterocycles. The van der Waals surface area contributed by atoms with Crippen LogP contribution in [-0.2, 0) is 0 Å². The van der Waals surface area contributed by atoms with E-state index in [1.54, 1.807) is 0 Å². The SMILES string of the molecule is COc1c(C(=O)NCCCl)cccc1[N+](=O)[O-]. The van der Waals surface area contributed by atoms with Crippen molar-refractivity contribution in [2.45, 2.75) is 0 Å². The topological polar surface area (TPSA) is 81.5 Å².